The van der Waals surface area contributed by atoms with Crippen LogP contribution in [0.3, 0.4) is 0 Å². The van der Waals surface area contributed by atoms with Crippen molar-refractivity contribution >= 4 is 21.5 Å². The molecule has 38 heavy (non-hydrogen) atoms. The molecule has 5 rings (SSSR count). The highest BCUT2D eigenvalue weighted by molar-refractivity contribution is 7.89. The molecule has 0 bridgehead atoms. The molecule has 0 spiro atoms. The van der Waals surface area contributed by atoms with E-state index in [0.29, 0.717) is 30.0 Å². The molecule has 1 aliphatic rings. The van der Waals surface area contributed by atoms with Crippen molar-refractivity contribution in [2.75, 3.05) is 36.0 Å². The zero-order valence-corrected chi connectivity index (χ0v) is 20.8. The Balaban J connectivity index is 1.78. The number of piperazine rings is 1. The first-order chi connectivity index (χ1) is 18.1. The lowest BCUT2D eigenvalue weighted by atomic mass is 9.90. The fourth-order valence-electron chi connectivity index (χ4n) is 4.72. The van der Waals surface area contributed by atoms with Crippen molar-refractivity contribution < 1.29 is 21.6 Å². The molecular weight excluding hydrogens is 517 g/mol. The van der Waals surface area contributed by atoms with Crippen LogP contribution in [0.5, 0.6) is 0 Å². The number of rotatable bonds is 5. The average Bonchev–Trinajstić information content (AvgIpc) is 2.92. The minimum absolute atomic E-state index is 0.193. The van der Waals surface area contributed by atoms with Crippen molar-refractivity contribution in [1.29, 1.82) is 0 Å². The first-order valence-corrected chi connectivity index (χ1v) is 13.2. The normalized spacial score (nSPS) is 14.5. The molecule has 1 fully saturated rings. The van der Waals surface area contributed by atoms with Gasteiger partial charge in [0.25, 0.3) is 0 Å². The van der Waals surface area contributed by atoms with Crippen LogP contribution in [0.4, 0.5) is 24.7 Å². The molecule has 0 aliphatic carbocycles. The highest BCUT2D eigenvalue weighted by atomic mass is 32.2. The zero-order valence-electron chi connectivity index (χ0n) is 20.0. The van der Waals surface area contributed by atoms with Crippen LogP contribution in [0.2, 0.25) is 0 Å². The minimum Gasteiger partial charge on any atom is -0.367 e. The summed E-state index contributed by atoms with van der Waals surface area (Å²) in [5.74, 6) is 0.715. The number of nitrogens with zero attached hydrogens (tertiary/aromatic N) is 5. The largest absolute Gasteiger partial charge is 0.419 e. The Kier molecular flexibility index (Phi) is 6.76. The van der Waals surface area contributed by atoms with Crippen LogP contribution in [0.25, 0.3) is 22.3 Å². The zero-order chi connectivity index (χ0) is 26.9. The van der Waals surface area contributed by atoms with Gasteiger partial charge in [-0.25, -0.2) is 28.5 Å². The number of alkyl halides is 3. The summed E-state index contributed by atoms with van der Waals surface area (Å²) in [4.78, 5) is 14.9. The lowest BCUT2D eigenvalue weighted by molar-refractivity contribution is -0.139. The molecule has 0 saturated carbocycles. The van der Waals surface area contributed by atoms with Crippen LogP contribution in [0, 0.1) is 0 Å². The van der Waals surface area contributed by atoms with Crippen molar-refractivity contribution in [2.24, 2.45) is 5.14 Å². The third-order valence-electron chi connectivity index (χ3n) is 6.36. The van der Waals surface area contributed by atoms with E-state index in [0.717, 1.165) is 6.07 Å². The number of anilines is 2. The van der Waals surface area contributed by atoms with Gasteiger partial charge in [-0.15, -0.1) is 0 Å². The lowest BCUT2D eigenvalue weighted by Crippen LogP contribution is -2.47. The molecule has 2 aromatic carbocycles. The monoisotopic (exact) mass is 540 g/mol. The second kappa shape index (κ2) is 10.0. The van der Waals surface area contributed by atoms with Crippen LogP contribution in [-0.4, -0.2) is 49.5 Å². The molecule has 1 aliphatic heterocycles. The summed E-state index contributed by atoms with van der Waals surface area (Å²) in [6.07, 6.45) is 0.787. The fourth-order valence-corrected chi connectivity index (χ4v) is 5.50. The second-order valence-electron chi connectivity index (χ2n) is 8.72. The number of pyridine rings is 1. The van der Waals surface area contributed by atoms with E-state index in [9.17, 15) is 21.6 Å². The van der Waals surface area contributed by atoms with Gasteiger partial charge in [0.1, 0.15) is 12.1 Å². The van der Waals surface area contributed by atoms with Gasteiger partial charge in [-0.2, -0.15) is 13.2 Å². The standard InChI is InChI=1S/C26H23F3N6O2S/c27-26(28,29)24-21(38(30,36)37)14-20(19-15-31-17-32-16-19)23(18-6-2-1-3-7-18)25(24)35-12-10-34(11-13-35)22-8-4-5-9-33-22/h1-9,14-17H,10-13H2,(H2,30,36,37). The summed E-state index contributed by atoms with van der Waals surface area (Å²) in [5, 5.41) is 5.39. The first-order valence-electron chi connectivity index (χ1n) is 11.7. The Bertz CT molecular complexity index is 1530. The average molecular weight is 541 g/mol. The Labute approximate surface area is 217 Å². The number of hydrogen-bond donors (Lipinski definition) is 1. The molecule has 12 heteroatoms. The summed E-state index contributed by atoms with van der Waals surface area (Å²) in [7, 11) is -4.77. The maximum atomic E-state index is 14.8. The predicted octanol–water partition coefficient (Wildman–Crippen LogP) is 4.20. The van der Waals surface area contributed by atoms with E-state index in [1.54, 1.807) is 47.5 Å². The molecule has 3 heterocycles. The number of halogens is 3. The van der Waals surface area contributed by atoms with Gasteiger partial charge in [0.05, 0.1) is 16.1 Å². The van der Waals surface area contributed by atoms with Gasteiger partial charge in [-0.3, -0.25) is 0 Å². The Morgan fingerprint density at radius 2 is 1.47 bits per heavy atom. The number of aromatic nitrogens is 3. The van der Waals surface area contributed by atoms with Gasteiger partial charge < -0.3 is 9.80 Å². The number of nitrogens with two attached hydrogens (primary N) is 1. The first kappa shape index (κ1) is 25.6. The summed E-state index contributed by atoms with van der Waals surface area (Å²) in [6, 6.07) is 15.0. The third-order valence-corrected chi connectivity index (χ3v) is 7.29. The van der Waals surface area contributed by atoms with Crippen molar-refractivity contribution in [3.05, 3.63) is 85.1 Å². The molecule has 2 N–H and O–H groups in total. The summed E-state index contributed by atoms with van der Waals surface area (Å²) >= 11 is 0. The summed E-state index contributed by atoms with van der Waals surface area (Å²) in [6.45, 7) is 1.15. The highest BCUT2D eigenvalue weighted by Gasteiger charge is 2.43. The number of sulfonamides is 1. The number of hydrogen-bond acceptors (Lipinski definition) is 7. The SMILES string of the molecule is NS(=O)(=O)c1cc(-c2cncnc2)c(-c2ccccc2)c(N2CCN(c3ccccn3)CC2)c1C(F)(F)F. The van der Waals surface area contributed by atoms with Crippen LogP contribution in [0.1, 0.15) is 5.56 Å². The predicted molar refractivity (Wildman–Crippen MR) is 138 cm³/mol. The van der Waals surface area contributed by atoms with E-state index in [2.05, 4.69) is 15.0 Å². The molecular formula is C26H23F3N6O2S. The van der Waals surface area contributed by atoms with E-state index in [1.165, 1.54) is 18.7 Å². The second-order valence-corrected chi connectivity index (χ2v) is 10.2. The third kappa shape index (κ3) is 5.04. The summed E-state index contributed by atoms with van der Waals surface area (Å²) in [5.41, 5.74) is -0.221. The lowest BCUT2D eigenvalue weighted by Gasteiger charge is -2.39. The van der Waals surface area contributed by atoms with Crippen molar-refractivity contribution in [1.82, 2.24) is 15.0 Å². The smallest absolute Gasteiger partial charge is 0.367 e. The van der Waals surface area contributed by atoms with Crippen molar-refractivity contribution in [2.45, 2.75) is 11.1 Å². The number of primary sulfonamides is 1. The van der Waals surface area contributed by atoms with Gasteiger partial charge in [0, 0.05) is 55.9 Å². The van der Waals surface area contributed by atoms with Gasteiger partial charge in [0.2, 0.25) is 10.0 Å². The van der Waals surface area contributed by atoms with Crippen LogP contribution >= 0.6 is 0 Å². The minimum atomic E-state index is -5.01. The summed E-state index contributed by atoms with van der Waals surface area (Å²) < 4.78 is 69.6. The van der Waals surface area contributed by atoms with Crippen LogP contribution in [-0.2, 0) is 16.2 Å². The van der Waals surface area contributed by atoms with Crippen LogP contribution in [0.15, 0.2) is 84.4 Å². The van der Waals surface area contributed by atoms with Gasteiger partial charge in [-0.05, 0) is 29.3 Å². The van der Waals surface area contributed by atoms with E-state index >= 15 is 0 Å². The molecule has 2 aromatic heterocycles. The molecule has 0 unspecified atom stereocenters. The Hall–Kier alpha value is -4.03. The highest BCUT2D eigenvalue weighted by Crippen LogP contribution is 2.50. The van der Waals surface area contributed by atoms with Gasteiger partial charge >= 0.3 is 6.18 Å². The molecule has 0 atom stereocenters. The molecule has 1 saturated heterocycles. The topological polar surface area (TPSA) is 105 Å². The number of benzene rings is 2. The van der Waals surface area contributed by atoms with Gasteiger partial charge in [-0.1, -0.05) is 36.4 Å². The molecule has 4 aromatic rings. The maximum absolute atomic E-state index is 14.8. The fraction of sp³-hybridized carbons (Fsp3) is 0.192. The molecule has 0 radical (unpaired) electrons. The van der Waals surface area contributed by atoms with E-state index < -0.39 is 26.7 Å². The van der Waals surface area contributed by atoms with E-state index in [1.807, 2.05) is 17.0 Å². The van der Waals surface area contributed by atoms with Crippen molar-refractivity contribution in [3.63, 3.8) is 0 Å². The quantitative estimate of drug-likeness (QED) is 0.405. The van der Waals surface area contributed by atoms with Gasteiger partial charge in [0.15, 0.2) is 0 Å². The Morgan fingerprint density at radius 3 is 2.05 bits per heavy atom. The van der Waals surface area contributed by atoms with E-state index in [-0.39, 0.29) is 29.9 Å². The molecule has 8 nitrogen and oxygen atoms in total. The molecule has 196 valence electrons. The van der Waals surface area contributed by atoms with Crippen LogP contribution < -0.4 is 14.9 Å². The Morgan fingerprint density at radius 1 is 0.842 bits per heavy atom. The van der Waals surface area contributed by atoms with Crippen molar-refractivity contribution in [3.8, 4) is 22.3 Å². The van der Waals surface area contributed by atoms with E-state index in [4.69, 9.17) is 5.14 Å². The maximum Gasteiger partial charge on any atom is 0.419 e. The molecule has 0 amide bonds.